The first-order valence-electron chi connectivity index (χ1n) is 10.1. The molecule has 4 rings (SSSR count). The maximum atomic E-state index is 13.9. The van der Waals surface area contributed by atoms with Crippen molar-refractivity contribution in [2.45, 2.75) is 37.1 Å². The summed E-state index contributed by atoms with van der Waals surface area (Å²) < 4.78 is 77.4. The summed E-state index contributed by atoms with van der Waals surface area (Å²) in [6.07, 6.45) is -3.07. The number of halogens is 4. The Labute approximate surface area is 197 Å². The summed E-state index contributed by atoms with van der Waals surface area (Å²) in [7, 11) is -4.19. The lowest BCUT2D eigenvalue weighted by atomic mass is 9.93. The van der Waals surface area contributed by atoms with Crippen LogP contribution in [0.1, 0.15) is 40.9 Å². The van der Waals surface area contributed by atoms with Crippen LogP contribution in [0.25, 0.3) is 0 Å². The summed E-state index contributed by atoms with van der Waals surface area (Å²) in [6, 6.07) is 7.09. The van der Waals surface area contributed by atoms with Gasteiger partial charge in [-0.2, -0.15) is 13.2 Å². The molecule has 0 aliphatic carbocycles. The minimum Gasteiger partial charge on any atom is -0.342 e. The first-order chi connectivity index (χ1) is 16.2. The van der Waals surface area contributed by atoms with E-state index >= 15 is 0 Å². The monoisotopic (exact) mass is 509 g/mol. The molecule has 1 aromatic carbocycles. The molecule has 2 aromatic heterocycles. The highest BCUT2D eigenvalue weighted by Crippen LogP contribution is 2.43. The number of alkyl halides is 3. The van der Waals surface area contributed by atoms with Gasteiger partial charge in [0.2, 0.25) is 0 Å². The number of amides is 1. The molecule has 0 fully saturated rings. The number of nitrogens with zero attached hydrogens (tertiary/aromatic N) is 3. The minimum atomic E-state index is -4.77. The standard InChI is InChI=1S/C22H19F4N5O3S/c1-21(2)17-8-14(23)4-3-12(17)11-31(21)19-16(7-13(10-29-19)22(24,25)26)20(32)30-15-5-6-28-18(9-15)35(27,33)34/h3-10H,11H2,1-2H3,(H2,27,33,34)(H,28,30,32). The number of aromatic nitrogens is 2. The largest absolute Gasteiger partial charge is 0.417 e. The molecule has 0 atom stereocenters. The van der Waals surface area contributed by atoms with Gasteiger partial charge in [-0.3, -0.25) is 4.79 Å². The molecule has 1 aliphatic heterocycles. The van der Waals surface area contributed by atoms with Crippen molar-refractivity contribution in [1.82, 2.24) is 9.97 Å². The van der Waals surface area contributed by atoms with Crippen LogP contribution in [0.15, 0.2) is 53.8 Å². The number of fused-ring (bicyclic) bond motifs is 1. The third kappa shape index (κ3) is 4.68. The van der Waals surface area contributed by atoms with Gasteiger partial charge in [0, 0.05) is 30.7 Å². The summed E-state index contributed by atoms with van der Waals surface area (Å²) in [4.78, 5) is 22.3. The van der Waals surface area contributed by atoms with Gasteiger partial charge in [-0.1, -0.05) is 6.07 Å². The summed E-state index contributed by atoms with van der Waals surface area (Å²) in [5.41, 5.74) is -1.17. The number of carbonyl (C=O) groups is 1. The zero-order valence-electron chi connectivity index (χ0n) is 18.4. The van der Waals surface area contributed by atoms with Crippen molar-refractivity contribution in [3.63, 3.8) is 0 Å². The van der Waals surface area contributed by atoms with Gasteiger partial charge in [-0.15, -0.1) is 0 Å². The maximum Gasteiger partial charge on any atom is 0.417 e. The molecule has 3 heterocycles. The Balaban J connectivity index is 1.79. The number of pyridine rings is 2. The van der Waals surface area contributed by atoms with Crippen LogP contribution in [0, 0.1) is 5.82 Å². The maximum absolute atomic E-state index is 13.9. The van der Waals surface area contributed by atoms with E-state index in [0.717, 1.165) is 17.8 Å². The quantitative estimate of drug-likeness (QED) is 0.517. The van der Waals surface area contributed by atoms with Crippen molar-refractivity contribution in [3.8, 4) is 0 Å². The zero-order valence-corrected chi connectivity index (χ0v) is 19.2. The fraction of sp³-hybridized carbons (Fsp3) is 0.227. The average molecular weight is 509 g/mol. The summed E-state index contributed by atoms with van der Waals surface area (Å²) in [5, 5.41) is 6.90. The highest BCUT2D eigenvalue weighted by molar-refractivity contribution is 7.89. The van der Waals surface area contributed by atoms with Crippen molar-refractivity contribution < 1.29 is 30.8 Å². The molecule has 3 aromatic rings. The predicted molar refractivity (Wildman–Crippen MR) is 118 cm³/mol. The number of hydrogen-bond donors (Lipinski definition) is 2. The fourth-order valence-corrected chi connectivity index (χ4v) is 4.44. The Hall–Kier alpha value is -3.58. The second-order valence-corrected chi connectivity index (χ2v) is 9.93. The van der Waals surface area contributed by atoms with E-state index in [9.17, 15) is 30.8 Å². The Kier molecular flexibility index (Phi) is 5.80. The van der Waals surface area contributed by atoms with Crippen LogP contribution in [-0.4, -0.2) is 24.3 Å². The molecule has 3 N–H and O–H groups in total. The van der Waals surface area contributed by atoms with E-state index in [1.165, 1.54) is 18.2 Å². The van der Waals surface area contributed by atoms with E-state index in [2.05, 4.69) is 15.3 Å². The van der Waals surface area contributed by atoms with Crippen LogP contribution in [0.4, 0.5) is 29.1 Å². The first kappa shape index (κ1) is 24.5. The molecule has 35 heavy (non-hydrogen) atoms. The molecule has 1 amide bonds. The van der Waals surface area contributed by atoms with Gasteiger partial charge in [0.25, 0.3) is 15.9 Å². The molecular weight excluding hydrogens is 490 g/mol. The van der Waals surface area contributed by atoms with Gasteiger partial charge in [-0.25, -0.2) is 27.9 Å². The normalized spacial score (nSPS) is 15.1. The van der Waals surface area contributed by atoms with Gasteiger partial charge < -0.3 is 10.2 Å². The van der Waals surface area contributed by atoms with Gasteiger partial charge in [-0.05, 0) is 49.2 Å². The number of hydrogen-bond acceptors (Lipinski definition) is 6. The van der Waals surface area contributed by atoms with Crippen LogP contribution in [0.2, 0.25) is 0 Å². The van der Waals surface area contributed by atoms with Crippen LogP contribution < -0.4 is 15.4 Å². The predicted octanol–water partition coefficient (Wildman–Crippen LogP) is 3.79. The van der Waals surface area contributed by atoms with E-state index in [1.54, 1.807) is 24.8 Å². The Morgan fingerprint density at radius 3 is 2.51 bits per heavy atom. The lowest BCUT2D eigenvalue weighted by Gasteiger charge is -2.34. The smallest absolute Gasteiger partial charge is 0.342 e. The minimum absolute atomic E-state index is 0.0524. The number of anilines is 2. The van der Waals surface area contributed by atoms with Crippen LogP contribution >= 0.6 is 0 Å². The second kappa shape index (κ2) is 8.27. The van der Waals surface area contributed by atoms with Crippen molar-refractivity contribution in [2.75, 3.05) is 10.2 Å². The molecular formula is C22H19F4N5O3S. The Morgan fingerprint density at radius 2 is 1.86 bits per heavy atom. The molecule has 184 valence electrons. The zero-order chi connectivity index (χ0) is 25.8. The van der Waals surface area contributed by atoms with Gasteiger partial charge in [0.05, 0.1) is 16.7 Å². The number of nitrogens with two attached hydrogens (primary N) is 1. The molecule has 13 heteroatoms. The van der Waals surface area contributed by atoms with Crippen LogP contribution in [0.5, 0.6) is 0 Å². The lowest BCUT2D eigenvalue weighted by Crippen LogP contribution is -2.37. The molecule has 1 aliphatic rings. The third-order valence-electron chi connectivity index (χ3n) is 5.71. The fourth-order valence-electron chi connectivity index (χ4n) is 3.95. The summed E-state index contributed by atoms with van der Waals surface area (Å²) in [6.45, 7) is 3.65. The number of nitrogens with one attached hydrogen (secondary N) is 1. The SMILES string of the molecule is CC1(C)c2cc(F)ccc2CN1c1ncc(C(F)(F)F)cc1C(=O)Nc1ccnc(S(N)(=O)=O)c1. The second-order valence-electron chi connectivity index (χ2n) is 8.42. The average Bonchev–Trinajstić information content (AvgIpc) is 3.02. The number of sulfonamides is 1. The number of benzene rings is 1. The lowest BCUT2D eigenvalue weighted by molar-refractivity contribution is -0.137. The van der Waals surface area contributed by atoms with Gasteiger partial charge in [0.15, 0.2) is 5.03 Å². The molecule has 0 radical (unpaired) electrons. The van der Waals surface area contributed by atoms with Crippen LogP contribution in [0.3, 0.4) is 0 Å². The third-order valence-corrected chi connectivity index (χ3v) is 6.52. The number of carbonyl (C=O) groups excluding carboxylic acids is 1. The van der Waals surface area contributed by atoms with E-state index in [4.69, 9.17) is 5.14 Å². The number of rotatable bonds is 4. The molecule has 0 saturated heterocycles. The summed E-state index contributed by atoms with van der Waals surface area (Å²) >= 11 is 0. The van der Waals surface area contributed by atoms with Crippen molar-refractivity contribution in [2.24, 2.45) is 5.14 Å². The van der Waals surface area contributed by atoms with E-state index in [-0.39, 0.29) is 18.1 Å². The topological polar surface area (TPSA) is 118 Å². The molecule has 0 unspecified atom stereocenters. The van der Waals surface area contributed by atoms with E-state index in [1.807, 2.05) is 0 Å². The van der Waals surface area contributed by atoms with Crippen molar-refractivity contribution in [3.05, 3.63) is 76.9 Å². The highest BCUT2D eigenvalue weighted by atomic mass is 32.2. The van der Waals surface area contributed by atoms with Gasteiger partial charge >= 0.3 is 6.18 Å². The van der Waals surface area contributed by atoms with Crippen molar-refractivity contribution >= 4 is 27.4 Å². The number of primary sulfonamides is 1. The van der Waals surface area contributed by atoms with Gasteiger partial charge in [0.1, 0.15) is 11.6 Å². The van der Waals surface area contributed by atoms with E-state index < -0.39 is 49.6 Å². The molecule has 0 spiro atoms. The Morgan fingerprint density at radius 1 is 1.14 bits per heavy atom. The summed E-state index contributed by atoms with van der Waals surface area (Å²) in [5.74, 6) is -1.50. The highest BCUT2D eigenvalue weighted by Gasteiger charge is 2.41. The molecule has 0 bridgehead atoms. The van der Waals surface area contributed by atoms with Crippen molar-refractivity contribution in [1.29, 1.82) is 0 Å². The molecule has 8 nitrogen and oxygen atoms in total. The molecule has 0 saturated carbocycles. The van der Waals surface area contributed by atoms with E-state index in [0.29, 0.717) is 17.8 Å². The first-order valence-corrected chi connectivity index (χ1v) is 11.7. The van der Waals surface area contributed by atoms with Crippen LogP contribution in [-0.2, 0) is 28.3 Å². The Bertz CT molecular complexity index is 1440.